The number of hydrogen-bond donors (Lipinski definition) is 1. The second-order valence-electron chi connectivity index (χ2n) is 6.06. The van der Waals surface area contributed by atoms with Crippen LogP contribution >= 0.6 is 11.6 Å². The van der Waals surface area contributed by atoms with E-state index in [0.29, 0.717) is 6.04 Å². The Labute approximate surface area is 126 Å². The summed E-state index contributed by atoms with van der Waals surface area (Å²) in [5, 5.41) is 9.01. The third kappa shape index (κ3) is 3.54. The molecule has 0 aliphatic carbocycles. The van der Waals surface area contributed by atoms with E-state index in [1.54, 1.807) is 0 Å². The van der Waals surface area contributed by atoms with Crippen LogP contribution in [0.15, 0.2) is 0 Å². The number of rotatable bonds is 5. The number of nitrogens with zero attached hydrogens (tertiary/aromatic N) is 2. The fourth-order valence-electron chi connectivity index (χ4n) is 2.83. The summed E-state index contributed by atoms with van der Waals surface area (Å²) in [6.45, 7) is 11.0. The van der Waals surface area contributed by atoms with E-state index in [1.165, 1.54) is 0 Å². The van der Waals surface area contributed by atoms with Crippen molar-refractivity contribution in [3.63, 3.8) is 0 Å². The Morgan fingerprint density at radius 3 is 2.80 bits per heavy atom. The molecule has 1 atom stereocenters. The van der Waals surface area contributed by atoms with Crippen LogP contribution in [-0.4, -0.2) is 28.0 Å². The average molecular weight is 300 g/mol. The Bertz CT molecular complexity index is 456. The van der Waals surface area contributed by atoms with Crippen LogP contribution in [0, 0.1) is 0 Å². The van der Waals surface area contributed by atoms with Gasteiger partial charge in [0.1, 0.15) is 0 Å². The molecule has 1 aliphatic rings. The largest absolute Gasteiger partial charge is 0.375 e. The number of aromatic nitrogens is 2. The van der Waals surface area contributed by atoms with Crippen molar-refractivity contribution in [1.82, 2.24) is 15.1 Å². The van der Waals surface area contributed by atoms with E-state index < -0.39 is 0 Å². The highest BCUT2D eigenvalue weighted by molar-refractivity contribution is 6.31. The molecular weight excluding hydrogens is 274 g/mol. The van der Waals surface area contributed by atoms with Gasteiger partial charge in [0.25, 0.3) is 0 Å². The Morgan fingerprint density at radius 2 is 2.20 bits per heavy atom. The van der Waals surface area contributed by atoms with E-state index in [4.69, 9.17) is 16.3 Å². The van der Waals surface area contributed by atoms with E-state index in [2.05, 4.69) is 38.1 Å². The van der Waals surface area contributed by atoms with E-state index in [9.17, 15) is 0 Å². The SMILES string of the molecule is CCc1nn(CC)c(CNC2CCOC(C)(C)C2)c1Cl. The molecule has 2 heterocycles. The van der Waals surface area contributed by atoms with Crippen LogP contribution in [0.25, 0.3) is 0 Å². The van der Waals surface area contributed by atoms with Crippen LogP contribution in [0.5, 0.6) is 0 Å². The van der Waals surface area contributed by atoms with Gasteiger partial charge >= 0.3 is 0 Å². The van der Waals surface area contributed by atoms with Crippen molar-refractivity contribution >= 4 is 11.6 Å². The lowest BCUT2D eigenvalue weighted by Gasteiger charge is -2.36. The maximum Gasteiger partial charge on any atom is 0.0863 e. The molecule has 1 N–H and O–H groups in total. The van der Waals surface area contributed by atoms with Gasteiger partial charge in [0, 0.05) is 25.7 Å². The maximum atomic E-state index is 6.43. The molecule has 0 saturated carbocycles. The zero-order chi connectivity index (χ0) is 14.8. The second kappa shape index (κ2) is 6.46. The molecule has 1 unspecified atom stereocenters. The number of nitrogens with one attached hydrogen (secondary N) is 1. The number of aryl methyl sites for hydroxylation is 2. The highest BCUT2D eigenvalue weighted by Gasteiger charge is 2.28. The van der Waals surface area contributed by atoms with E-state index in [-0.39, 0.29) is 5.60 Å². The predicted molar refractivity (Wildman–Crippen MR) is 82.2 cm³/mol. The predicted octanol–water partition coefficient (Wildman–Crippen LogP) is 3.17. The number of halogens is 1. The summed E-state index contributed by atoms with van der Waals surface area (Å²) in [5.41, 5.74) is 2.08. The summed E-state index contributed by atoms with van der Waals surface area (Å²) in [5.74, 6) is 0. The van der Waals surface area contributed by atoms with Crippen LogP contribution in [0.3, 0.4) is 0 Å². The van der Waals surface area contributed by atoms with Crippen molar-refractivity contribution < 1.29 is 4.74 Å². The summed E-state index contributed by atoms with van der Waals surface area (Å²) in [4.78, 5) is 0. The van der Waals surface area contributed by atoms with Crippen molar-refractivity contribution in [2.24, 2.45) is 0 Å². The molecule has 2 rings (SSSR count). The molecule has 0 radical (unpaired) electrons. The van der Waals surface area contributed by atoms with Gasteiger partial charge in [-0.2, -0.15) is 5.10 Å². The fourth-order valence-corrected chi connectivity index (χ4v) is 3.17. The first-order chi connectivity index (χ1) is 9.46. The summed E-state index contributed by atoms with van der Waals surface area (Å²) >= 11 is 6.43. The zero-order valence-corrected chi connectivity index (χ0v) is 13.8. The van der Waals surface area contributed by atoms with Crippen molar-refractivity contribution in [3.05, 3.63) is 16.4 Å². The van der Waals surface area contributed by atoms with Crippen molar-refractivity contribution in [3.8, 4) is 0 Å². The molecule has 4 nitrogen and oxygen atoms in total. The lowest BCUT2D eigenvalue weighted by molar-refractivity contribution is -0.0631. The molecule has 1 aromatic rings. The Morgan fingerprint density at radius 1 is 1.45 bits per heavy atom. The van der Waals surface area contributed by atoms with Gasteiger partial charge in [0.2, 0.25) is 0 Å². The fraction of sp³-hybridized carbons (Fsp3) is 0.800. The molecule has 20 heavy (non-hydrogen) atoms. The quantitative estimate of drug-likeness (QED) is 0.908. The van der Waals surface area contributed by atoms with Crippen LogP contribution < -0.4 is 5.32 Å². The highest BCUT2D eigenvalue weighted by Crippen LogP contribution is 2.25. The molecule has 1 aliphatic heterocycles. The number of ether oxygens (including phenoxy) is 1. The molecule has 0 bridgehead atoms. The first-order valence-electron chi connectivity index (χ1n) is 7.58. The summed E-state index contributed by atoms with van der Waals surface area (Å²) < 4.78 is 7.77. The van der Waals surface area contributed by atoms with Gasteiger partial charge in [0.15, 0.2) is 0 Å². The van der Waals surface area contributed by atoms with Crippen LogP contribution in [0.4, 0.5) is 0 Å². The molecule has 1 aromatic heterocycles. The minimum Gasteiger partial charge on any atom is -0.375 e. The van der Waals surface area contributed by atoms with Gasteiger partial charge in [-0.05, 0) is 40.0 Å². The molecule has 114 valence electrons. The standard InChI is InChI=1S/C15H26ClN3O/c1-5-12-14(16)13(19(6-2)18-12)10-17-11-7-8-20-15(3,4)9-11/h11,17H,5-10H2,1-4H3. The topological polar surface area (TPSA) is 39.1 Å². The van der Waals surface area contributed by atoms with Gasteiger partial charge in [-0.1, -0.05) is 18.5 Å². The van der Waals surface area contributed by atoms with Crippen molar-refractivity contribution in [2.75, 3.05) is 6.61 Å². The summed E-state index contributed by atoms with van der Waals surface area (Å²) in [7, 11) is 0. The van der Waals surface area contributed by atoms with Gasteiger partial charge in [-0.3, -0.25) is 4.68 Å². The molecule has 0 amide bonds. The van der Waals surface area contributed by atoms with Gasteiger partial charge < -0.3 is 10.1 Å². The Balaban J connectivity index is 2.02. The normalized spacial score (nSPS) is 22.1. The van der Waals surface area contributed by atoms with Gasteiger partial charge in [-0.15, -0.1) is 0 Å². The molecule has 5 heteroatoms. The monoisotopic (exact) mass is 299 g/mol. The molecule has 0 spiro atoms. The van der Waals surface area contributed by atoms with Crippen LogP contribution in [0.1, 0.15) is 51.9 Å². The third-order valence-corrected chi connectivity index (χ3v) is 4.39. The van der Waals surface area contributed by atoms with E-state index in [1.807, 2.05) is 4.68 Å². The van der Waals surface area contributed by atoms with Crippen LogP contribution in [0.2, 0.25) is 5.02 Å². The van der Waals surface area contributed by atoms with Crippen molar-refractivity contribution in [2.45, 2.75) is 71.7 Å². The zero-order valence-electron chi connectivity index (χ0n) is 13.0. The van der Waals surface area contributed by atoms with Crippen molar-refractivity contribution in [1.29, 1.82) is 0 Å². The molecule has 1 fully saturated rings. The maximum absolute atomic E-state index is 6.43. The molecule has 0 aromatic carbocycles. The minimum atomic E-state index is -0.0285. The molecular formula is C15H26ClN3O. The minimum absolute atomic E-state index is 0.0285. The van der Waals surface area contributed by atoms with E-state index in [0.717, 1.165) is 55.4 Å². The van der Waals surface area contributed by atoms with Crippen LogP contribution in [-0.2, 0) is 24.2 Å². The smallest absolute Gasteiger partial charge is 0.0863 e. The highest BCUT2D eigenvalue weighted by atomic mass is 35.5. The second-order valence-corrected chi connectivity index (χ2v) is 6.43. The first-order valence-corrected chi connectivity index (χ1v) is 7.96. The van der Waals surface area contributed by atoms with Gasteiger partial charge in [-0.25, -0.2) is 0 Å². The van der Waals surface area contributed by atoms with Gasteiger partial charge in [0.05, 0.1) is 22.0 Å². The average Bonchev–Trinajstić information content (AvgIpc) is 2.71. The Kier molecular flexibility index (Phi) is 5.10. The summed E-state index contributed by atoms with van der Waals surface area (Å²) in [6.07, 6.45) is 2.97. The lowest BCUT2D eigenvalue weighted by atomic mass is 9.94. The van der Waals surface area contributed by atoms with E-state index >= 15 is 0 Å². The first kappa shape index (κ1) is 15.8. The number of hydrogen-bond acceptors (Lipinski definition) is 3. The lowest BCUT2D eigenvalue weighted by Crippen LogP contribution is -2.43. The third-order valence-electron chi connectivity index (χ3n) is 3.95. The summed E-state index contributed by atoms with van der Waals surface area (Å²) in [6, 6.07) is 0.486. The Hall–Kier alpha value is -0.580. The molecule has 1 saturated heterocycles.